The molecule has 1 radical (unpaired) electrons. The number of carbonyl (C=O) groups is 1. The molecule has 0 aliphatic heterocycles. The lowest BCUT2D eigenvalue weighted by atomic mass is 9.99. The van der Waals surface area contributed by atoms with Crippen molar-refractivity contribution in [1.29, 1.82) is 0 Å². The quantitative estimate of drug-likeness (QED) is 0.449. The van der Waals surface area contributed by atoms with Crippen molar-refractivity contribution in [3.8, 4) is 11.5 Å². The standard InChI is InChI=1S/C11H11O5/c1-2-16-11(15)8(6-12)7-4-3-5-9(13)10(7)14/h3-5,8,13-14H,2H2,1H3. The van der Waals surface area contributed by atoms with Gasteiger partial charge in [-0.05, 0) is 13.0 Å². The van der Waals surface area contributed by atoms with Crippen LogP contribution in [-0.2, 0) is 14.3 Å². The molecule has 1 atom stereocenters. The average Bonchev–Trinajstić information content (AvgIpc) is 2.25. The van der Waals surface area contributed by atoms with Crippen LogP contribution in [0.15, 0.2) is 18.2 Å². The van der Waals surface area contributed by atoms with Crippen molar-refractivity contribution < 1.29 is 24.5 Å². The first-order chi connectivity index (χ1) is 7.61. The van der Waals surface area contributed by atoms with Crippen LogP contribution in [0.4, 0.5) is 0 Å². The smallest absolute Gasteiger partial charge is 0.321 e. The summed E-state index contributed by atoms with van der Waals surface area (Å²) in [5.74, 6) is -3.06. The molecule has 0 saturated heterocycles. The van der Waals surface area contributed by atoms with Gasteiger partial charge in [0.05, 0.1) is 6.61 Å². The highest BCUT2D eigenvalue weighted by molar-refractivity contribution is 5.95. The second kappa shape index (κ2) is 5.16. The normalized spacial score (nSPS) is 11.8. The lowest BCUT2D eigenvalue weighted by molar-refractivity contribution is -0.143. The first-order valence-electron chi connectivity index (χ1n) is 4.67. The van der Waals surface area contributed by atoms with E-state index in [1.807, 2.05) is 0 Å². The van der Waals surface area contributed by atoms with Crippen molar-refractivity contribution in [2.75, 3.05) is 6.61 Å². The second-order valence-electron chi connectivity index (χ2n) is 3.02. The van der Waals surface area contributed by atoms with Crippen LogP contribution in [-0.4, -0.2) is 29.1 Å². The Bertz CT molecular complexity index is 399. The van der Waals surface area contributed by atoms with Crippen LogP contribution in [0.1, 0.15) is 18.4 Å². The summed E-state index contributed by atoms with van der Waals surface area (Å²) in [6, 6.07) is 4.00. The third-order valence-electron chi connectivity index (χ3n) is 2.00. The van der Waals surface area contributed by atoms with Crippen molar-refractivity contribution in [2.45, 2.75) is 12.8 Å². The van der Waals surface area contributed by atoms with Gasteiger partial charge < -0.3 is 14.9 Å². The van der Waals surface area contributed by atoms with E-state index in [2.05, 4.69) is 4.74 Å². The molecular formula is C11H11O5. The Kier molecular flexibility index (Phi) is 3.88. The zero-order valence-electron chi connectivity index (χ0n) is 8.64. The number of benzene rings is 1. The number of para-hydroxylation sites is 1. The van der Waals surface area contributed by atoms with Gasteiger partial charge in [-0.1, -0.05) is 12.1 Å². The highest BCUT2D eigenvalue weighted by atomic mass is 16.5. The van der Waals surface area contributed by atoms with Gasteiger partial charge in [-0.25, -0.2) is 0 Å². The van der Waals surface area contributed by atoms with E-state index < -0.39 is 23.4 Å². The number of ether oxygens (including phenoxy) is 1. The molecule has 1 unspecified atom stereocenters. The molecule has 0 heterocycles. The zero-order valence-corrected chi connectivity index (χ0v) is 8.64. The molecule has 5 nitrogen and oxygen atoms in total. The molecule has 0 amide bonds. The molecular weight excluding hydrogens is 212 g/mol. The lowest BCUT2D eigenvalue weighted by Gasteiger charge is -2.11. The van der Waals surface area contributed by atoms with E-state index in [1.54, 1.807) is 6.92 Å². The number of carbonyl (C=O) groups excluding carboxylic acids is 2. The summed E-state index contributed by atoms with van der Waals surface area (Å²) >= 11 is 0. The third-order valence-corrected chi connectivity index (χ3v) is 2.00. The second-order valence-corrected chi connectivity index (χ2v) is 3.02. The Hall–Kier alpha value is -2.04. The fraction of sp³-hybridized carbons (Fsp3) is 0.273. The van der Waals surface area contributed by atoms with E-state index in [4.69, 9.17) is 0 Å². The van der Waals surface area contributed by atoms with E-state index in [0.717, 1.165) is 0 Å². The maximum atomic E-state index is 11.4. The fourth-order valence-electron chi connectivity index (χ4n) is 1.25. The molecule has 0 saturated carbocycles. The third kappa shape index (κ3) is 2.31. The summed E-state index contributed by atoms with van der Waals surface area (Å²) in [7, 11) is 0. The minimum atomic E-state index is -1.34. The molecule has 85 valence electrons. The highest BCUT2D eigenvalue weighted by Crippen LogP contribution is 2.33. The lowest BCUT2D eigenvalue weighted by Crippen LogP contribution is -2.17. The highest BCUT2D eigenvalue weighted by Gasteiger charge is 2.26. The molecule has 2 N–H and O–H groups in total. The summed E-state index contributed by atoms with van der Waals surface area (Å²) < 4.78 is 4.65. The predicted molar refractivity (Wildman–Crippen MR) is 54.8 cm³/mol. The zero-order chi connectivity index (χ0) is 12.1. The summed E-state index contributed by atoms with van der Waals surface area (Å²) in [6.07, 6.45) is 1.48. The van der Waals surface area contributed by atoms with E-state index in [9.17, 15) is 19.8 Å². The molecule has 1 aromatic carbocycles. The number of rotatable bonds is 4. The van der Waals surface area contributed by atoms with E-state index in [0.29, 0.717) is 0 Å². The minimum Gasteiger partial charge on any atom is -0.504 e. The van der Waals surface area contributed by atoms with Crippen LogP contribution < -0.4 is 0 Å². The number of esters is 1. The van der Waals surface area contributed by atoms with Crippen LogP contribution in [0.5, 0.6) is 11.5 Å². The van der Waals surface area contributed by atoms with E-state index in [1.165, 1.54) is 24.5 Å². The van der Waals surface area contributed by atoms with Crippen LogP contribution in [0, 0.1) is 0 Å². The predicted octanol–water partition coefficient (Wildman–Crippen LogP) is 0.854. The molecule has 16 heavy (non-hydrogen) atoms. The molecule has 0 fully saturated rings. The Labute approximate surface area is 92.3 Å². The van der Waals surface area contributed by atoms with Gasteiger partial charge in [0.1, 0.15) is 0 Å². The van der Waals surface area contributed by atoms with Gasteiger partial charge in [0.25, 0.3) is 0 Å². The monoisotopic (exact) mass is 223 g/mol. The number of phenolic OH excluding ortho intramolecular Hbond substituents is 2. The molecule has 0 bridgehead atoms. The van der Waals surface area contributed by atoms with Gasteiger partial charge >= 0.3 is 5.97 Å². The first kappa shape index (κ1) is 12.0. The molecule has 0 aromatic heterocycles. The van der Waals surface area contributed by atoms with Crippen molar-refractivity contribution >= 4 is 12.3 Å². The summed E-state index contributed by atoms with van der Waals surface area (Å²) in [5.41, 5.74) is -0.0200. The minimum absolute atomic E-state index is 0.0200. The molecule has 1 aromatic rings. The van der Waals surface area contributed by atoms with Crippen molar-refractivity contribution in [1.82, 2.24) is 0 Å². The van der Waals surface area contributed by atoms with Crippen molar-refractivity contribution in [3.63, 3.8) is 0 Å². The Balaban J connectivity index is 3.09. The number of hydrogen-bond donors (Lipinski definition) is 2. The van der Waals surface area contributed by atoms with Crippen molar-refractivity contribution in [2.24, 2.45) is 0 Å². The van der Waals surface area contributed by atoms with Gasteiger partial charge in [0.2, 0.25) is 6.29 Å². The van der Waals surface area contributed by atoms with Crippen LogP contribution in [0.25, 0.3) is 0 Å². The molecule has 1 rings (SSSR count). The van der Waals surface area contributed by atoms with E-state index in [-0.39, 0.29) is 12.2 Å². The topological polar surface area (TPSA) is 83.8 Å². The Morgan fingerprint density at radius 2 is 2.19 bits per heavy atom. The largest absolute Gasteiger partial charge is 0.504 e. The van der Waals surface area contributed by atoms with Crippen LogP contribution in [0.3, 0.4) is 0 Å². The van der Waals surface area contributed by atoms with Crippen LogP contribution in [0.2, 0.25) is 0 Å². The summed E-state index contributed by atoms with van der Waals surface area (Å²) in [5, 5.41) is 18.7. The summed E-state index contributed by atoms with van der Waals surface area (Å²) in [6.45, 7) is 1.72. The molecule has 0 spiro atoms. The van der Waals surface area contributed by atoms with Gasteiger partial charge in [-0.3, -0.25) is 9.59 Å². The fourth-order valence-corrected chi connectivity index (χ4v) is 1.25. The maximum Gasteiger partial charge on any atom is 0.321 e. The summed E-state index contributed by atoms with van der Waals surface area (Å²) in [4.78, 5) is 22.0. The van der Waals surface area contributed by atoms with Gasteiger partial charge in [0, 0.05) is 5.56 Å². The number of phenols is 2. The Morgan fingerprint density at radius 3 is 2.75 bits per heavy atom. The average molecular weight is 223 g/mol. The van der Waals surface area contributed by atoms with Crippen LogP contribution >= 0.6 is 0 Å². The van der Waals surface area contributed by atoms with Gasteiger partial charge in [-0.15, -0.1) is 0 Å². The van der Waals surface area contributed by atoms with Gasteiger partial charge in [-0.2, -0.15) is 0 Å². The maximum absolute atomic E-state index is 11.4. The van der Waals surface area contributed by atoms with Crippen molar-refractivity contribution in [3.05, 3.63) is 23.8 Å². The molecule has 0 aliphatic carbocycles. The Morgan fingerprint density at radius 1 is 1.50 bits per heavy atom. The molecule has 0 aliphatic rings. The number of aromatic hydroxyl groups is 2. The SMILES string of the molecule is CCOC(=O)C([C]=O)c1cccc(O)c1O. The first-order valence-corrected chi connectivity index (χ1v) is 4.67. The molecule has 5 heteroatoms. The van der Waals surface area contributed by atoms with E-state index >= 15 is 0 Å². The van der Waals surface area contributed by atoms with Gasteiger partial charge in [0.15, 0.2) is 17.4 Å². The number of hydrogen-bond acceptors (Lipinski definition) is 5.